The van der Waals surface area contributed by atoms with E-state index in [-0.39, 0.29) is 0 Å². The first-order valence-corrected chi connectivity index (χ1v) is 11.9. The van der Waals surface area contributed by atoms with Crippen LogP contribution in [0, 0.1) is 13.8 Å². The number of benzene rings is 7. The number of hydrogen-bond donors (Lipinski definition) is 0. The van der Waals surface area contributed by atoms with Crippen LogP contribution in [0.25, 0.3) is 65.3 Å². The lowest BCUT2D eigenvalue weighted by molar-refractivity contribution is 1.47. The van der Waals surface area contributed by atoms with Gasteiger partial charge in [-0.05, 0) is 103 Å². The molecule has 0 nitrogen and oxygen atoms in total. The topological polar surface area (TPSA) is 0 Å². The highest BCUT2D eigenvalue weighted by Crippen LogP contribution is 2.43. The minimum atomic E-state index is 1.27. The summed E-state index contributed by atoms with van der Waals surface area (Å²) >= 11 is 0. The molecule has 7 aromatic carbocycles. The smallest absolute Gasteiger partial charge is 0.00259 e. The Morgan fingerprint density at radius 3 is 1.18 bits per heavy atom. The summed E-state index contributed by atoms with van der Waals surface area (Å²) in [7, 11) is 0. The Morgan fingerprint density at radius 1 is 0.353 bits per heavy atom. The fourth-order valence-electron chi connectivity index (χ4n) is 5.55. The first-order valence-electron chi connectivity index (χ1n) is 11.9. The summed E-state index contributed by atoms with van der Waals surface area (Å²) in [6.45, 7) is 4.28. The summed E-state index contributed by atoms with van der Waals surface area (Å²) in [5, 5.41) is 10.7. The second-order valence-electron chi connectivity index (χ2n) is 9.59. The van der Waals surface area contributed by atoms with Crippen molar-refractivity contribution in [2.24, 2.45) is 0 Å². The van der Waals surface area contributed by atoms with Crippen LogP contribution in [0.15, 0.2) is 109 Å². The average Bonchev–Trinajstić information content (AvgIpc) is 2.87. The van der Waals surface area contributed by atoms with Gasteiger partial charge in [0.25, 0.3) is 0 Å². The maximum atomic E-state index is 2.39. The molecule has 0 heteroatoms. The summed E-state index contributed by atoms with van der Waals surface area (Å²) in [5.74, 6) is 0. The van der Waals surface area contributed by atoms with E-state index in [9.17, 15) is 0 Å². The second kappa shape index (κ2) is 7.17. The molecular weight excluding hydrogens is 408 g/mol. The van der Waals surface area contributed by atoms with Gasteiger partial charge in [0.1, 0.15) is 0 Å². The molecule has 0 spiro atoms. The van der Waals surface area contributed by atoms with Gasteiger partial charge in [-0.15, -0.1) is 0 Å². The minimum Gasteiger partial charge on any atom is -0.0610 e. The third-order valence-corrected chi connectivity index (χ3v) is 7.30. The third kappa shape index (κ3) is 2.85. The van der Waals surface area contributed by atoms with Gasteiger partial charge in [-0.1, -0.05) is 96.1 Å². The standard InChI is InChI=1S/C34H24/c1-21-9-13-23(14-10-21)27-17-25-5-3-8-30-32-20-28(24-15-11-22(2)12-16-24)18-26-6-4-7-29(34(26)32)31(19-27)33(25)30/h3-20H,1-2H3. The Kier molecular flexibility index (Phi) is 4.07. The molecule has 0 unspecified atom stereocenters. The number of hydrogen-bond acceptors (Lipinski definition) is 0. The Bertz CT molecular complexity index is 1700. The molecule has 160 valence electrons. The van der Waals surface area contributed by atoms with Gasteiger partial charge >= 0.3 is 0 Å². The lowest BCUT2D eigenvalue weighted by atomic mass is 9.86. The molecule has 0 heterocycles. The van der Waals surface area contributed by atoms with Gasteiger partial charge in [0.2, 0.25) is 0 Å². The van der Waals surface area contributed by atoms with E-state index in [1.165, 1.54) is 76.5 Å². The van der Waals surface area contributed by atoms with Crippen LogP contribution in [0.1, 0.15) is 11.1 Å². The van der Waals surface area contributed by atoms with Gasteiger partial charge in [0, 0.05) is 0 Å². The molecule has 0 amide bonds. The van der Waals surface area contributed by atoms with Gasteiger partial charge < -0.3 is 0 Å². The molecule has 0 atom stereocenters. The van der Waals surface area contributed by atoms with E-state index < -0.39 is 0 Å². The maximum absolute atomic E-state index is 2.39. The van der Waals surface area contributed by atoms with Crippen LogP contribution in [0.5, 0.6) is 0 Å². The fourth-order valence-corrected chi connectivity index (χ4v) is 5.55. The minimum absolute atomic E-state index is 1.27. The quantitative estimate of drug-likeness (QED) is 0.188. The lowest BCUT2D eigenvalue weighted by Gasteiger charge is -2.17. The average molecular weight is 433 g/mol. The van der Waals surface area contributed by atoms with Crippen molar-refractivity contribution in [1.29, 1.82) is 0 Å². The highest BCUT2D eigenvalue weighted by Gasteiger charge is 2.15. The highest BCUT2D eigenvalue weighted by molar-refractivity contribution is 6.33. The predicted molar refractivity (Wildman–Crippen MR) is 148 cm³/mol. The Balaban J connectivity index is 1.61. The highest BCUT2D eigenvalue weighted by atomic mass is 14.2. The largest absolute Gasteiger partial charge is 0.0610 e. The zero-order valence-electron chi connectivity index (χ0n) is 19.4. The van der Waals surface area contributed by atoms with Crippen LogP contribution in [0.4, 0.5) is 0 Å². The molecule has 7 aromatic rings. The predicted octanol–water partition coefficient (Wildman–Crippen LogP) is 9.69. The summed E-state index contributed by atoms with van der Waals surface area (Å²) in [4.78, 5) is 0. The van der Waals surface area contributed by atoms with E-state index >= 15 is 0 Å². The zero-order chi connectivity index (χ0) is 22.8. The van der Waals surface area contributed by atoms with Crippen molar-refractivity contribution in [1.82, 2.24) is 0 Å². The first-order chi connectivity index (χ1) is 16.7. The van der Waals surface area contributed by atoms with Gasteiger partial charge in [-0.3, -0.25) is 0 Å². The number of fused-ring (bicyclic) bond motifs is 2. The Labute approximate surface area is 199 Å². The van der Waals surface area contributed by atoms with Gasteiger partial charge in [0.15, 0.2) is 0 Å². The monoisotopic (exact) mass is 432 g/mol. The number of aryl methyl sites for hydroxylation is 2. The third-order valence-electron chi connectivity index (χ3n) is 7.30. The van der Waals surface area contributed by atoms with Crippen LogP contribution in [0.2, 0.25) is 0 Å². The molecule has 0 aromatic heterocycles. The molecule has 7 rings (SSSR count). The molecule has 0 aliphatic rings. The van der Waals surface area contributed by atoms with Crippen LogP contribution in [0.3, 0.4) is 0 Å². The summed E-state index contributed by atoms with van der Waals surface area (Å²) in [6.07, 6.45) is 0. The van der Waals surface area contributed by atoms with E-state index in [0.717, 1.165) is 0 Å². The van der Waals surface area contributed by atoms with E-state index in [4.69, 9.17) is 0 Å². The van der Waals surface area contributed by atoms with Crippen LogP contribution < -0.4 is 0 Å². The molecule has 0 bridgehead atoms. The van der Waals surface area contributed by atoms with Crippen molar-refractivity contribution in [3.05, 3.63) is 120 Å². The second-order valence-corrected chi connectivity index (χ2v) is 9.59. The molecule has 0 fully saturated rings. The summed E-state index contributed by atoms with van der Waals surface area (Å²) in [5.41, 5.74) is 7.66. The van der Waals surface area contributed by atoms with Crippen LogP contribution in [-0.2, 0) is 0 Å². The SMILES string of the molecule is Cc1ccc(-c2cc3cccc4c5cc(-c6ccc(C)cc6)cc6cccc(c(c2)c34)c65)cc1. The van der Waals surface area contributed by atoms with Crippen molar-refractivity contribution in [3.63, 3.8) is 0 Å². The van der Waals surface area contributed by atoms with Crippen molar-refractivity contribution >= 4 is 43.1 Å². The van der Waals surface area contributed by atoms with E-state index in [2.05, 4.69) is 123 Å². The molecule has 0 saturated carbocycles. The molecular formula is C34H24. The molecule has 0 saturated heterocycles. The van der Waals surface area contributed by atoms with E-state index in [1.807, 2.05) is 0 Å². The normalized spacial score (nSPS) is 11.8. The molecule has 0 aliphatic carbocycles. The van der Waals surface area contributed by atoms with E-state index in [0.29, 0.717) is 0 Å². The number of rotatable bonds is 2. The van der Waals surface area contributed by atoms with E-state index in [1.54, 1.807) is 0 Å². The Morgan fingerprint density at radius 2 is 0.765 bits per heavy atom. The lowest BCUT2D eigenvalue weighted by Crippen LogP contribution is -1.90. The van der Waals surface area contributed by atoms with Crippen LogP contribution >= 0.6 is 0 Å². The van der Waals surface area contributed by atoms with Gasteiger partial charge in [-0.25, -0.2) is 0 Å². The zero-order valence-corrected chi connectivity index (χ0v) is 19.4. The van der Waals surface area contributed by atoms with Crippen molar-refractivity contribution in [3.8, 4) is 22.3 Å². The van der Waals surface area contributed by atoms with Crippen molar-refractivity contribution in [2.45, 2.75) is 13.8 Å². The van der Waals surface area contributed by atoms with Gasteiger partial charge in [0.05, 0.1) is 0 Å². The fraction of sp³-hybridized carbons (Fsp3) is 0.0588. The first kappa shape index (κ1) is 19.3. The van der Waals surface area contributed by atoms with Gasteiger partial charge in [-0.2, -0.15) is 0 Å². The van der Waals surface area contributed by atoms with Crippen molar-refractivity contribution in [2.75, 3.05) is 0 Å². The van der Waals surface area contributed by atoms with Crippen molar-refractivity contribution < 1.29 is 0 Å². The summed E-state index contributed by atoms with van der Waals surface area (Å²) < 4.78 is 0. The molecule has 0 radical (unpaired) electrons. The maximum Gasteiger partial charge on any atom is -0.00259 e. The molecule has 34 heavy (non-hydrogen) atoms. The molecule has 0 N–H and O–H groups in total. The van der Waals surface area contributed by atoms with Crippen LogP contribution in [-0.4, -0.2) is 0 Å². The molecule has 0 aliphatic heterocycles. The summed E-state index contributed by atoms with van der Waals surface area (Å²) in [6, 6.07) is 40.7. The Hall–Kier alpha value is -4.16.